The molecule has 0 atom stereocenters. The molecule has 0 saturated carbocycles. The second-order valence-corrected chi connectivity index (χ2v) is 8.21. The summed E-state index contributed by atoms with van der Waals surface area (Å²) in [6.07, 6.45) is 2.05. The van der Waals surface area contributed by atoms with E-state index in [0.717, 1.165) is 12.0 Å². The van der Waals surface area contributed by atoms with E-state index in [4.69, 9.17) is 9.15 Å². The number of hydrazone groups is 1. The Morgan fingerprint density at radius 2 is 1.49 bits per heavy atom. The van der Waals surface area contributed by atoms with Crippen molar-refractivity contribution in [3.63, 3.8) is 0 Å². The number of benzene rings is 2. The number of ether oxygens (including phenoxy) is 1. The van der Waals surface area contributed by atoms with Crippen LogP contribution in [0.1, 0.15) is 66.6 Å². The Morgan fingerprint density at radius 1 is 0.857 bits per heavy atom. The molecular weight excluding hydrogens is 448 g/mol. The highest BCUT2D eigenvalue weighted by Crippen LogP contribution is 2.29. The van der Waals surface area contributed by atoms with Crippen molar-refractivity contribution in [1.29, 1.82) is 0 Å². The molecule has 0 aliphatic heterocycles. The molecule has 1 aliphatic rings. The van der Waals surface area contributed by atoms with Crippen LogP contribution < -0.4 is 21.0 Å². The average Bonchev–Trinajstić information content (AvgIpc) is 3.23. The number of hydrogen-bond donors (Lipinski definition) is 3. The number of hydrogen-bond acceptors (Lipinski definition) is 6. The van der Waals surface area contributed by atoms with Crippen LogP contribution in [0, 0.1) is 13.8 Å². The molecule has 3 amide bonds. The van der Waals surface area contributed by atoms with Gasteiger partial charge in [0.15, 0.2) is 5.76 Å². The van der Waals surface area contributed by atoms with Gasteiger partial charge in [-0.25, -0.2) is 5.43 Å². The summed E-state index contributed by atoms with van der Waals surface area (Å²) in [6.45, 7) is 3.70. The summed E-state index contributed by atoms with van der Waals surface area (Å²) in [5.41, 5.74) is 11.3. The largest absolute Gasteiger partial charge is 0.497 e. The van der Waals surface area contributed by atoms with Gasteiger partial charge in [-0.05, 0) is 63.1 Å². The van der Waals surface area contributed by atoms with Gasteiger partial charge in [0.25, 0.3) is 11.8 Å². The first kappa shape index (κ1) is 23.7. The van der Waals surface area contributed by atoms with Crippen molar-refractivity contribution < 1.29 is 23.5 Å². The van der Waals surface area contributed by atoms with Crippen molar-refractivity contribution in [2.24, 2.45) is 5.10 Å². The molecule has 0 saturated heterocycles. The van der Waals surface area contributed by atoms with E-state index in [2.05, 4.69) is 21.4 Å². The molecule has 2 aromatic carbocycles. The van der Waals surface area contributed by atoms with Crippen LogP contribution in [0.5, 0.6) is 5.75 Å². The number of rotatable bonds is 5. The third-order valence-corrected chi connectivity index (χ3v) is 5.78. The maximum atomic E-state index is 12.8. The number of amides is 3. The molecule has 9 heteroatoms. The fourth-order valence-electron chi connectivity index (χ4n) is 3.87. The molecule has 4 rings (SSSR count). The van der Waals surface area contributed by atoms with Crippen molar-refractivity contribution in [2.75, 3.05) is 7.11 Å². The van der Waals surface area contributed by atoms with E-state index in [-0.39, 0.29) is 11.7 Å². The van der Waals surface area contributed by atoms with E-state index in [0.29, 0.717) is 52.3 Å². The lowest BCUT2D eigenvalue weighted by Crippen LogP contribution is -2.41. The minimum absolute atomic E-state index is 0.0875. The molecule has 3 aromatic rings. The van der Waals surface area contributed by atoms with Gasteiger partial charge in [0.05, 0.1) is 12.8 Å². The quantitative estimate of drug-likeness (QED) is 0.489. The van der Waals surface area contributed by atoms with E-state index in [1.54, 1.807) is 43.3 Å². The second-order valence-electron chi connectivity index (χ2n) is 8.21. The van der Waals surface area contributed by atoms with Gasteiger partial charge in [-0.3, -0.25) is 25.2 Å². The summed E-state index contributed by atoms with van der Waals surface area (Å²) < 4.78 is 10.9. The van der Waals surface area contributed by atoms with Gasteiger partial charge in [0.2, 0.25) is 0 Å². The van der Waals surface area contributed by atoms with Crippen molar-refractivity contribution in [1.82, 2.24) is 16.3 Å². The molecule has 0 spiro atoms. The minimum Gasteiger partial charge on any atom is -0.497 e. The number of methoxy groups -OCH3 is 1. The van der Waals surface area contributed by atoms with Crippen molar-refractivity contribution in [3.8, 4) is 5.75 Å². The minimum atomic E-state index is -0.582. The fraction of sp³-hybridized carbons (Fsp3) is 0.231. The Balaban J connectivity index is 1.45. The average molecular weight is 475 g/mol. The van der Waals surface area contributed by atoms with E-state index in [9.17, 15) is 14.4 Å². The van der Waals surface area contributed by atoms with E-state index < -0.39 is 11.8 Å². The molecule has 0 unspecified atom stereocenters. The van der Waals surface area contributed by atoms with Gasteiger partial charge in [-0.2, -0.15) is 5.10 Å². The SMILES string of the molecule is COc1ccc(C(=O)NNC(=O)c2oc3c(c2C)/C(=N/NC(=O)c2ccc(C)cc2)CCC3)cc1. The van der Waals surface area contributed by atoms with Crippen LogP contribution in [0.2, 0.25) is 0 Å². The first-order valence-corrected chi connectivity index (χ1v) is 11.2. The predicted octanol–water partition coefficient (Wildman–Crippen LogP) is 3.45. The Kier molecular flexibility index (Phi) is 6.96. The first-order chi connectivity index (χ1) is 16.9. The Bertz CT molecular complexity index is 1290. The van der Waals surface area contributed by atoms with Crippen LogP contribution >= 0.6 is 0 Å². The lowest BCUT2D eigenvalue weighted by atomic mass is 9.93. The highest BCUT2D eigenvalue weighted by molar-refractivity contribution is 6.07. The number of carbonyl (C=O) groups is 3. The smallest absolute Gasteiger partial charge is 0.305 e. The highest BCUT2D eigenvalue weighted by atomic mass is 16.5. The van der Waals surface area contributed by atoms with Crippen LogP contribution in [0.3, 0.4) is 0 Å². The van der Waals surface area contributed by atoms with E-state index in [1.165, 1.54) is 7.11 Å². The van der Waals surface area contributed by atoms with Gasteiger partial charge in [0, 0.05) is 28.7 Å². The monoisotopic (exact) mass is 474 g/mol. The zero-order valence-electron chi connectivity index (χ0n) is 19.7. The summed E-state index contributed by atoms with van der Waals surface area (Å²) in [7, 11) is 1.54. The molecule has 0 fully saturated rings. The van der Waals surface area contributed by atoms with E-state index >= 15 is 0 Å². The number of furan rings is 1. The zero-order chi connectivity index (χ0) is 24.9. The number of carbonyl (C=O) groups excluding carboxylic acids is 3. The van der Waals surface area contributed by atoms with Gasteiger partial charge < -0.3 is 9.15 Å². The third-order valence-electron chi connectivity index (χ3n) is 5.78. The van der Waals surface area contributed by atoms with Crippen molar-refractivity contribution >= 4 is 23.4 Å². The number of fused-ring (bicyclic) bond motifs is 1. The number of nitrogens with zero attached hydrogens (tertiary/aromatic N) is 1. The summed E-state index contributed by atoms with van der Waals surface area (Å²) in [5.74, 6) is -0.0362. The third kappa shape index (κ3) is 5.24. The summed E-state index contributed by atoms with van der Waals surface area (Å²) >= 11 is 0. The molecule has 0 radical (unpaired) electrons. The molecule has 1 heterocycles. The van der Waals surface area contributed by atoms with Crippen LogP contribution in [0.25, 0.3) is 0 Å². The summed E-state index contributed by atoms with van der Waals surface area (Å²) in [6, 6.07) is 13.7. The first-order valence-electron chi connectivity index (χ1n) is 11.2. The zero-order valence-corrected chi connectivity index (χ0v) is 19.7. The van der Waals surface area contributed by atoms with Crippen LogP contribution in [0.15, 0.2) is 58.0 Å². The maximum absolute atomic E-state index is 12.8. The molecule has 35 heavy (non-hydrogen) atoms. The molecule has 1 aliphatic carbocycles. The fourth-order valence-corrected chi connectivity index (χ4v) is 3.87. The normalized spacial score (nSPS) is 13.6. The summed E-state index contributed by atoms with van der Waals surface area (Å²) in [5, 5.41) is 4.33. The molecule has 9 nitrogen and oxygen atoms in total. The Hall–Kier alpha value is -4.40. The molecule has 1 aromatic heterocycles. The van der Waals surface area contributed by atoms with Gasteiger partial charge >= 0.3 is 5.91 Å². The molecule has 180 valence electrons. The van der Waals surface area contributed by atoms with Gasteiger partial charge in [-0.1, -0.05) is 17.7 Å². The number of nitrogens with one attached hydrogen (secondary N) is 3. The highest BCUT2D eigenvalue weighted by Gasteiger charge is 2.28. The van der Waals surface area contributed by atoms with Crippen molar-refractivity contribution in [3.05, 3.63) is 87.9 Å². The molecular formula is C26H26N4O5. The lowest BCUT2D eigenvalue weighted by Gasteiger charge is -2.13. The number of hydrazine groups is 1. The topological polar surface area (TPSA) is 122 Å². The Labute approximate surface area is 202 Å². The maximum Gasteiger partial charge on any atom is 0.305 e. The van der Waals surface area contributed by atoms with Crippen LogP contribution in [0.4, 0.5) is 0 Å². The van der Waals surface area contributed by atoms with Crippen LogP contribution in [-0.4, -0.2) is 30.5 Å². The standard InChI is InChI=1S/C26H26N4O5/c1-15-7-9-17(10-8-15)24(31)28-27-20-5-4-6-21-22(20)16(2)23(35-21)26(33)30-29-25(32)18-11-13-19(34-3)14-12-18/h7-14H,4-6H2,1-3H3,(H,28,31)(H,29,32)(H,30,33)/b27-20+. The van der Waals surface area contributed by atoms with E-state index in [1.807, 2.05) is 19.1 Å². The number of aryl methyl sites for hydroxylation is 2. The summed E-state index contributed by atoms with van der Waals surface area (Å²) in [4.78, 5) is 37.6. The van der Waals surface area contributed by atoms with Crippen molar-refractivity contribution in [2.45, 2.75) is 33.1 Å². The molecule has 0 bridgehead atoms. The Morgan fingerprint density at radius 3 is 2.17 bits per heavy atom. The van der Waals surface area contributed by atoms with Crippen LogP contribution in [-0.2, 0) is 6.42 Å². The predicted molar refractivity (Wildman–Crippen MR) is 129 cm³/mol. The van der Waals surface area contributed by atoms with Gasteiger partial charge in [0.1, 0.15) is 11.5 Å². The lowest BCUT2D eigenvalue weighted by molar-refractivity contribution is 0.0829. The molecule has 3 N–H and O–H groups in total. The second kappa shape index (κ2) is 10.3. The van der Waals surface area contributed by atoms with Gasteiger partial charge in [-0.15, -0.1) is 0 Å².